The molecule has 2 aromatic rings. The van der Waals surface area contributed by atoms with Crippen molar-refractivity contribution in [3.63, 3.8) is 0 Å². The summed E-state index contributed by atoms with van der Waals surface area (Å²) in [7, 11) is 0. The van der Waals surface area contributed by atoms with Crippen LogP contribution in [0.1, 0.15) is 23.9 Å². The van der Waals surface area contributed by atoms with Gasteiger partial charge in [-0.25, -0.2) is 9.38 Å². The standard InChI is InChI=1S/C17H21FN4.HI/c1-3-19-17(20-11-14-7-9-15(18)10-8-14)21-12-16-6-4-5-13(2)22-16;/h4-10H,3,11-12H2,1-2H3,(H2,19,20,21);1H. The van der Waals surface area contributed by atoms with E-state index in [4.69, 9.17) is 0 Å². The molecule has 0 aliphatic carbocycles. The molecule has 23 heavy (non-hydrogen) atoms. The number of guanidine groups is 1. The third-order valence-corrected chi connectivity index (χ3v) is 3.06. The van der Waals surface area contributed by atoms with Gasteiger partial charge in [-0.2, -0.15) is 0 Å². The average molecular weight is 428 g/mol. The van der Waals surface area contributed by atoms with Crippen molar-refractivity contribution in [3.05, 3.63) is 65.2 Å². The molecule has 0 unspecified atom stereocenters. The molecule has 1 heterocycles. The summed E-state index contributed by atoms with van der Waals surface area (Å²) in [5, 5.41) is 6.43. The maximum Gasteiger partial charge on any atom is 0.191 e. The second kappa shape index (κ2) is 10.1. The highest BCUT2D eigenvalue weighted by molar-refractivity contribution is 14.0. The molecule has 0 aliphatic heterocycles. The van der Waals surface area contributed by atoms with E-state index in [1.807, 2.05) is 32.0 Å². The summed E-state index contributed by atoms with van der Waals surface area (Å²) in [6.07, 6.45) is 0. The zero-order chi connectivity index (χ0) is 15.8. The van der Waals surface area contributed by atoms with Crippen LogP contribution in [0.4, 0.5) is 4.39 Å². The van der Waals surface area contributed by atoms with Crippen molar-refractivity contribution in [1.29, 1.82) is 0 Å². The van der Waals surface area contributed by atoms with Crippen molar-refractivity contribution in [1.82, 2.24) is 15.6 Å². The normalized spacial score (nSPS) is 10.8. The van der Waals surface area contributed by atoms with Gasteiger partial charge in [0.1, 0.15) is 5.82 Å². The predicted molar refractivity (Wildman–Crippen MR) is 102 cm³/mol. The van der Waals surface area contributed by atoms with Crippen molar-refractivity contribution in [2.45, 2.75) is 26.9 Å². The zero-order valence-corrected chi connectivity index (χ0v) is 15.7. The Morgan fingerprint density at radius 2 is 1.87 bits per heavy atom. The number of halogens is 2. The molecule has 0 saturated heterocycles. The highest BCUT2D eigenvalue weighted by atomic mass is 127. The van der Waals surface area contributed by atoms with Gasteiger partial charge >= 0.3 is 0 Å². The Labute approximate surface area is 153 Å². The van der Waals surface area contributed by atoms with Crippen LogP contribution in [-0.4, -0.2) is 17.5 Å². The van der Waals surface area contributed by atoms with E-state index in [1.54, 1.807) is 12.1 Å². The lowest BCUT2D eigenvalue weighted by atomic mass is 10.2. The first-order chi connectivity index (χ1) is 10.7. The molecule has 0 saturated carbocycles. The van der Waals surface area contributed by atoms with Crippen LogP contribution < -0.4 is 10.6 Å². The van der Waals surface area contributed by atoms with Gasteiger partial charge in [0.25, 0.3) is 0 Å². The molecule has 0 fully saturated rings. The number of aromatic nitrogens is 1. The van der Waals surface area contributed by atoms with Gasteiger partial charge in [-0.05, 0) is 43.7 Å². The van der Waals surface area contributed by atoms with E-state index in [2.05, 4.69) is 20.6 Å². The number of pyridine rings is 1. The fraction of sp³-hybridized carbons (Fsp3) is 0.294. The molecule has 1 aromatic carbocycles. The number of aliphatic imine (C=N–C) groups is 1. The van der Waals surface area contributed by atoms with Crippen molar-refractivity contribution in [2.24, 2.45) is 4.99 Å². The smallest absolute Gasteiger partial charge is 0.191 e. The summed E-state index contributed by atoms with van der Waals surface area (Å²) in [5.74, 6) is 0.485. The van der Waals surface area contributed by atoms with Gasteiger partial charge in [-0.15, -0.1) is 24.0 Å². The molecule has 0 radical (unpaired) electrons. The van der Waals surface area contributed by atoms with E-state index >= 15 is 0 Å². The highest BCUT2D eigenvalue weighted by Crippen LogP contribution is 2.04. The number of hydrogen-bond donors (Lipinski definition) is 2. The number of aryl methyl sites for hydroxylation is 1. The lowest BCUT2D eigenvalue weighted by Crippen LogP contribution is -2.37. The first-order valence-corrected chi connectivity index (χ1v) is 7.36. The minimum atomic E-state index is -0.233. The number of benzene rings is 1. The minimum Gasteiger partial charge on any atom is -0.357 e. The molecular formula is C17H22FIN4. The Morgan fingerprint density at radius 1 is 1.13 bits per heavy atom. The summed E-state index contributed by atoms with van der Waals surface area (Å²) in [6, 6.07) is 12.3. The van der Waals surface area contributed by atoms with Crippen LogP contribution >= 0.6 is 24.0 Å². The minimum absolute atomic E-state index is 0. The van der Waals surface area contributed by atoms with E-state index in [1.165, 1.54) is 12.1 Å². The van der Waals surface area contributed by atoms with Crippen molar-refractivity contribution in [3.8, 4) is 0 Å². The number of nitrogens with zero attached hydrogens (tertiary/aromatic N) is 2. The number of hydrogen-bond acceptors (Lipinski definition) is 2. The Balaban J connectivity index is 0.00000264. The SMILES string of the molecule is CCNC(=NCc1ccc(F)cc1)NCc1cccc(C)n1.I. The molecule has 0 aliphatic rings. The molecule has 1 aromatic heterocycles. The Kier molecular flexibility index (Phi) is 8.53. The van der Waals surface area contributed by atoms with Crippen LogP contribution in [0.3, 0.4) is 0 Å². The third-order valence-electron chi connectivity index (χ3n) is 3.06. The van der Waals surface area contributed by atoms with Crippen molar-refractivity contribution < 1.29 is 4.39 Å². The summed E-state index contributed by atoms with van der Waals surface area (Å²) >= 11 is 0. The van der Waals surface area contributed by atoms with Crippen LogP contribution in [0.25, 0.3) is 0 Å². The first kappa shape index (κ1) is 19.3. The molecule has 2 rings (SSSR count). The molecule has 0 bridgehead atoms. The van der Waals surface area contributed by atoms with Crippen LogP contribution in [0.5, 0.6) is 0 Å². The van der Waals surface area contributed by atoms with E-state index in [0.29, 0.717) is 13.1 Å². The molecule has 0 atom stereocenters. The molecule has 124 valence electrons. The average Bonchev–Trinajstić information content (AvgIpc) is 2.52. The zero-order valence-electron chi connectivity index (χ0n) is 13.3. The molecule has 6 heteroatoms. The third kappa shape index (κ3) is 6.94. The van der Waals surface area contributed by atoms with Crippen molar-refractivity contribution in [2.75, 3.05) is 6.54 Å². The lowest BCUT2D eigenvalue weighted by molar-refractivity contribution is 0.627. The quantitative estimate of drug-likeness (QED) is 0.436. The van der Waals surface area contributed by atoms with Crippen LogP contribution in [0.2, 0.25) is 0 Å². The van der Waals surface area contributed by atoms with Crippen molar-refractivity contribution >= 4 is 29.9 Å². The Morgan fingerprint density at radius 3 is 2.52 bits per heavy atom. The summed E-state index contributed by atoms with van der Waals surface area (Å²) < 4.78 is 12.9. The lowest BCUT2D eigenvalue weighted by Gasteiger charge is -2.11. The van der Waals surface area contributed by atoms with Gasteiger partial charge in [0.15, 0.2) is 5.96 Å². The van der Waals surface area contributed by atoms with E-state index < -0.39 is 0 Å². The predicted octanol–water partition coefficient (Wildman–Crippen LogP) is 3.40. The maximum atomic E-state index is 12.9. The molecular weight excluding hydrogens is 406 g/mol. The second-order valence-corrected chi connectivity index (χ2v) is 4.95. The molecule has 4 nitrogen and oxygen atoms in total. The van der Waals surface area contributed by atoms with Gasteiger partial charge in [0.05, 0.1) is 18.8 Å². The molecule has 0 amide bonds. The number of nitrogens with one attached hydrogen (secondary N) is 2. The Hall–Kier alpha value is -1.70. The fourth-order valence-electron chi connectivity index (χ4n) is 1.97. The van der Waals surface area contributed by atoms with E-state index in [-0.39, 0.29) is 29.8 Å². The topological polar surface area (TPSA) is 49.3 Å². The fourth-order valence-corrected chi connectivity index (χ4v) is 1.97. The first-order valence-electron chi connectivity index (χ1n) is 7.36. The van der Waals surface area contributed by atoms with E-state index in [9.17, 15) is 4.39 Å². The monoisotopic (exact) mass is 428 g/mol. The second-order valence-electron chi connectivity index (χ2n) is 4.95. The molecule has 0 spiro atoms. The largest absolute Gasteiger partial charge is 0.357 e. The molecule has 2 N–H and O–H groups in total. The Bertz CT molecular complexity index is 629. The van der Waals surface area contributed by atoms with Gasteiger partial charge in [0.2, 0.25) is 0 Å². The van der Waals surface area contributed by atoms with Gasteiger partial charge < -0.3 is 10.6 Å². The van der Waals surface area contributed by atoms with Gasteiger partial charge in [-0.1, -0.05) is 18.2 Å². The summed E-state index contributed by atoms with van der Waals surface area (Å²) in [4.78, 5) is 8.94. The maximum absolute atomic E-state index is 12.9. The van der Waals surface area contributed by atoms with Gasteiger partial charge in [0, 0.05) is 12.2 Å². The van der Waals surface area contributed by atoms with Crippen LogP contribution in [-0.2, 0) is 13.1 Å². The van der Waals surface area contributed by atoms with E-state index in [0.717, 1.165) is 29.5 Å². The van der Waals surface area contributed by atoms with Crippen LogP contribution in [0, 0.1) is 12.7 Å². The highest BCUT2D eigenvalue weighted by Gasteiger charge is 2.00. The summed E-state index contributed by atoms with van der Waals surface area (Å²) in [5.41, 5.74) is 2.92. The number of rotatable bonds is 5. The van der Waals surface area contributed by atoms with Crippen LogP contribution in [0.15, 0.2) is 47.5 Å². The van der Waals surface area contributed by atoms with Gasteiger partial charge in [-0.3, -0.25) is 4.98 Å². The summed E-state index contributed by atoms with van der Waals surface area (Å²) in [6.45, 7) is 5.86.